The molecule has 1 heterocycles. The van der Waals surface area contributed by atoms with Crippen molar-refractivity contribution in [2.75, 3.05) is 0 Å². The van der Waals surface area contributed by atoms with Gasteiger partial charge in [0.05, 0.1) is 5.69 Å². The Balaban J connectivity index is 2.88. The third-order valence-corrected chi connectivity index (χ3v) is 4.67. The van der Waals surface area contributed by atoms with E-state index in [1.807, 2.05) is 6.92 Å². The first-order chi connectivity index (χ1) is 9.96. The summed E-state index contributed by atoms with van der Waals surface area (Å²) in [6, 6.07) is 0. The molecule has 1 aromatic heterocycles. The Morgan fingerprint density at radius 2 is 1.52 bits per heavy atom. The number of hydrogen-bond donors (Lipinski definition) is 0. The lowest BCUT2D eigenvalue weighted by atomic mass is 9.74. The molecule has 1 aromatic rings. The SMILES string of the molecule is CCCCCCC(C)(CCCCC)c1c(C)nn(C)c1F. The third-order valence-electron chi connectivity index (χ3n) is 4.67. The molecule has 0 radical (unpaired) electrons. The van der Waals surface area contributed by atoms with Crippen molar-refractivity contribution in [3.63, 3.8) is 0 Å². The van der Waals surface area contributed by atoms with Gasteiger partial charge < -0.3 is 0 Å². The molecule has 21 heavy (non-hydrogen) atoms. The predicted molar refractivity (Wildman–Crippen MR) is 88.2 cm³/mol. The molecule has 0 fully saturated rings. The van der Waals surface area contributed by atoms with Gasteiger partial charge in [0.1, 0.15) is 0 Å². The summed E-state index contributed by atoms with van der Waals surface area (Å²) in [5.74, 6) is -0.137. The van der Waals surface area contributed by atoms with E-state index in [0.29, 0.717) is 0 Å². The van der Waals surface area contributed by atoms with E-state index in [9.17, 15) is 4.39 Å². The molecular formula is C18H33FN2. The molecule has 1 rings (SSSR count). The fourth-order valence-corrected chi connectivity index (χ4v) is 3.40. The van der Waals surface area contributed by atoms with Gasteiger partial charge >= 0.3 is 0 Å². The molecule has 0 saturated carbocycles. The average Bonchev–Trinajstić information content (AvgIpc) is 2.69. The molecule has 0 saturated heterocycles. The van der Waals surface area contributed by atoms with Crippen molar-refractivity contribution in [1.29, 1.82) is 0 Å². The van der Waals surface area contributed by atoms with E-state index >= 15 is 0 Å². The Bertz CT molecular complexity index is 425. The molecule has 0 aliphatic carbocycles. The lowest BCUT2D eigenvalue weighted by Gasteiger charge is -2.30. The van der Waals surface area contributed by atoms with Crippen LogP contribution in [-0.4, -0.2) is 9.78 Å². The van der Waals surface area contributed by atoms with E-state index in [1.165, 1.54) is 49.6 Å². The van der Waals surface area contributed by atoms with Crippen molar-refractivity contribution in [1.82, 2.24) is 9.78 Å². The van der Waals surface area contributed by atoms with Gasteiger partial charge in [-0.1, -0.05) is 65.7 Å². The number of aromatic nitrogens is 2. The normalized spacial score (nSPS) is 14.4. The Labute approximate surface area is 130 Å². The smallest absolute Gasteiger partial charge is 0.215 e. The zero-order chi connectivity index (χ0) is 15.9. The summed E-state index contributed by atoms with van der Waals surface area (Å²) in [6.45, 7) is 8.63. The molecule has 2 nitrogen and oxygen atoms in total. The van der Waals surface area contributed by atoms with Crippen molar-refractivity contribution < 1.29 is 4.39 Å². The molecule has 0 aliphatic rings. The molecule has 1 atom stereocenters. The van der Waals surface area contributed by atoms with E-state index in [-0.39, 0.29) is 11.4 Å². The maximum absolute atomic E-state index is 14.5. The first-order valence-corrected chi connectivity index (χ1v) is 8.65. The highest BCUT2D eigenvalue weighted by Crippen LogP contribution is 2.38. The Hall–Kier alpha value is -0.860. The fraction of sp³-hybridized carbons (Fsp3) is 0.833. The van der Waals surface area contributed by atoms with E-state index in [2.05, 4.69) is 25.9 Å². The molecule has 122 valence electrons. The van der Waals surface area contributed by atoms with Crippen LogP contribution in [0, 0.1) is 12.9 Å². The summed E-state index contributed by atoms with van der Waals surface area (Å²) in [5.41, 5.74) is 1.66. The quantitative estimate of drug-likeness (QED) is 0.508. The van der Waals surface area contributed by atoms with Crippen LogP contribution >= 0.6 is 0 Å². The molecule has 3 heteroatoms. The number of hydrogen-bond acceptors (Lipinski definition) is 1. The van der Waals surface area contributed by atoms with Gasteiger partial charge in [-0.3, -0.25) is 0 Å². The van der Waals surface area contributed by atoms with Gasteiger partial charge in [0, 0.05) is 12.6 Å². The molecule has 0 bridgehead atoms. The van der Waals surface area contributed by atoms with E-state index in [4.69, 9.17) is 0 Å². The first kappa shape index (κ1) is 18.2. The maximum atomic E-state index is 14.5. The topological polar surface area (TPSA) is 17.8 Å². The minimum atomic E-state index is -0.137. The Kier molecular flexibility index (Phi) is 7.41. The van der Waals surface area contributed by atoms with Crippen molar-refractivity contribution in [3.8, 4) is 0 Å². The van der Waals surface area contributed by atoms with Gasteiger partial charge in [0.25, 0.3) is 0 Å². The van der Waals surface area contributed by atoms with Crippen molar-refractivity contribution >= 4 is 0 Å². The van der Waals surface area contributed by atoms with Crippen molar-refractivity contribution in [2.45, 2.75) is 90.9 Å². The summed E-state index contributed by atoms with van der Waals surface area (Å²) in [6.07, 6.45) is 10.7. The van der Waals surface area contributed by atoms with E-state index in [1.54, 1.807) is 7.05 Å². The summed E-state index contributed by atoms with van der Waals surface area (Å²) in [4.78, 5) is 0. The van der Waals surface area contributed by atoms with Crippen LogP contribution in [0.15, 0.2) is 0 Å². The van der Waals surface area contributed by atoms with Crippen LogP contribution in [0.1, 0.15) is 89.8 Å². The van der Waals surface area contributed by atoms with E-state index < -0.39 is 0 Å². The van der Waals surface area contributed by atoms with Crippen molar-refractivity contribution in [2.24, 2.45) is 7.05 Å². The molecule has 0 spiro atoms. The maximum Gasteiger partial charge on any atom is 0.215 e. The zero-order valence-electron chi connectivity index (χ0n) is 14.6. The number of aryl methyl sites for hydroxylation is 2. The average molecular weight is 296 g/mol. The number of rotatable bonds is 10. The second kappa shape index (κ2) is 8.55. The van der Waals surface area contributed by atoms with Crippen LogP contribution in [0.25, 0.3) is 0 Å². The molecule has 0 aliphatic heterocycles. The highest BCUT2D eigenvalue weighted by molar-refractivity contribution is 5.27. The predicted octanol–water partition coefficient (Wildman–Crippen LogP) is 5.68. The van der Waals surface area contributed by atoms with Gasteiger partial charge in [-0.05, 0) is 25.2 Å². The highest BCUT2D eigenvalue weighted by Gasteiger charge is 2.33. The molecular weight excluding hydrogens is 263 g/mol. The van der Waals surface area contributed by atoms with Gasteiger partial charge in [0.15, 0.2) is 0 Å². The lowest BCUT2D eigenvalue weighted by Crippen LogP contribution is -2.24. The fourth-order valence-electron chi connectivity index (χ4n) is 3.40. The number of nitrogens with zero attached hydrogens (tertiary/aromatic N) is 2. The van der Waals surface area contributed by atoms with Crippen LogP contribution in [0.2, 0.25) is 0 Å². The van der Waals surface area contributed by atoms with Crippen LogP contribution in [-0.2, 0) is 12.5 Å². The van der Waals surface area contributed by atoms with Gasteiger partial charge in [-0.2, -0.15) is 9.49 Å². The zero-order valence-corrected chi connectivity index (χ0v) is 14.6. The minimum absolute atomic E-state index is 0.0641. The third kappa shape index (κ3) is 4.82. The Morgan fingerprint density at radius 1 is 1.00 bits per heavy atom. The second-order valence-corrected chi connectivity index (χ2v) is 6.70. The standard InChI is InChI=1S/C18H33FN2/c1-6-8-10-12-14-18(4,13-11-9-7-2)16-15(3)20-21(5)17(16)19/h6-14H2,1-5H3. The van der Waals surface area contributed by atoms with Gasteiger partial charge in [0.2, 0.25) is 5.95 Å². The van der Waals surface area contributed by atoms with E-state index in [0.717, 1.165) is 24.1 Å². The largest absolute Gasteiger partial charge is 0.242 e. The number of halogens is 1. The summed E-state index contributed by atoms with van der Waals surface area (Å²) in [7, 11) is 1.70. The second-order valence-electron chi connectivity index (χ2n) is 6.70. The van der Waals surface area contributed by atoms with Gasteiger partial charge in [-0.25, -0.2) is 4.68 Å². The minimum Gasteiger partial charge on any atom is -0.242 e. The molecule has 1 unspecified atom stereocenters. The van der Waals surface area contributed by atoms with Crippen LogP contribution in [0.3, 0.4) is 0 Å². The van der Waals surface area contributed by atoms with Crippen LogP contribution < -0.4 is 0 Å². The molecule has 0 aromatic carbocycles. The van der Waals surface area contributed by atoms with Gasteiger partial charge in [-0.15, -0.1) is 0 Å². The number of unbranched alkanes of at least 4 members (excludes halogenated alkanes) is 5. The monoisotopic (exact) mass is 296 g/mol. The molecule has 0 amide bonds. The van der Waals surface area contributed by atoms with Crippen LogP contribution in [0.4, 0.5) is 4.39 Å². The first-order valence-electron chi connectivity index (χ1n) is 8.65. The van der Waals surface area contributed by atoms with Crippen LogP contribution in [0.5, 0.6) is 0 Å². The summed E-state index contributed by atoms with van der Waals surface area (Å²) >= 11 is 0. The van der Waals surface area contributed by atoms with Crippen molar-refractivity contribution in [3.05, 3.63) is 17.2 Å². The summed E-state index contributed by atoms with van der Waals surface area (Å²) < 4.78 is 15.9. The highest BCUT2D eigenvalue weighted by atomic mass is 19.1. The lowest BCUT2D eigenvalue weighted by molar-refractivity contribution is 0.345. The molecule has 0 N–H and O–H groups in total. The summed E-state index contributed by atoms with van der Waals surface area (Å²) in [5, 5.41) is 4.29. The Morgan fingerprint density at radius 3 is 2.00 bits per heavy atom.